The summed E-state index contributed by atoms with van der Waals surface area (Å²) in [4.78, 5) is 73.7. The molecular weight excluding hydrogens is 753 g/mol. The lowest BCUT2D eigenvalue weighted by atomic mass is 10.0. The van der Waals surface area contributed by atoms with Crippen LogP contribution in [-0.4, -0.2) is 93.1 Å². The molecule has 4 amide bonds. The van der Waals surface area contributed by atoms with Crippen LogP contribution in [0.25, 0.3) is 41.3 Å². The van der Waals surface area contributed by atoms with Crippen LogP contribution in [0.1, 0.15) is 88.2 Å². The van der Waals surface area contributed by atoms with Gasteiger partial charge in [0.25, 0.3) is 0 Å². The van der Waals surface area contributed by atoms with E-state index in [9.17, 15) is 19.2 Å². The highest BCUT2D eigenvalue weighted by atomic mass is 32.1. The second-order valence-corrected chi connectivity index (χ2v) is 17.5. The van der Waals surface area contributed by atoms with E-state index in [1.165, 1.54) is 45.5 Å². The van der Waals surface area contributed by atoms with Gasteiger partial charge in [-0.15, -0.1) is 22.7 Å². The van der Waals surface area contributed by atoms with Gasteiger partial charge in [-0.3, -0.25) is 9.59 Å². The van der Waals surface area contributed by atoms with E-state index in [2.05, 4.69) is 46.6 Å². The standard InChI is InChI=1S/C40H50N8O6S2/c1-19(2)31(45-39(51)53-7)37(49)47-13-9-11-27(47)35-41-17-25(43-35)29-15-23-21(5)34-24(22(6)33(23)55-29)16-30(56-34)26-18-42-36(44-26)28-12-10-14-48(28)38(50)32(20(3)4)46-40(52)54-8/h15-20,27-28,31-32H,9-14H2,1-8H3,(H,41,43)(H,42,44)(H,45,51)(H,46,52). The number of carbonyl (C=O) groups excluding carboxylic acids is 4. The SMILES string of the molecule is COC(=O)NC(C(=O)N1CCCC1c1ncc(-c2cc3c(C)c4sc(-c5cnc(C6CCCN6C(=O)C(NC(=O)OC)C(C)C)[nH]5)cc4c(C)c3s2)[nH]1)C(C)C. The van der Waals surface area contributed by atoms with Gasteiger partial charge in [-0.1, -0.05) is 27.7 Å². The number of nitrogens with zero attached hydrogens (tertiary/aromatic N) is 4. The molecule has 56 heavy (non-hydrogen) atoms. The molecule has 2 saturated heterocycles. The summed E-state index contributed by atoms with van der Waals surface area (Å²) in [5.74, 6) is 0.999. The maximum Gasteiger partial charge on any atom is 0.407 e. The third kappa shape index (κ3) is 7.24. The molecular formula is C40H50N8O6S2. The van der Waals surface area contributed by atoms with Gasteiger partial charge < -0.3 is 39.9 Å². The molecule has 5 aromatic rings. The van der Waals surface area contributed by atoms with Crippen LogP contribution in [0.3, 0.4) is 0 Å². The molecule has 298 valence electrons. The molecule has 0 bridgehead atoms. The first-order chi connectivity index (χ1) is 26.8. The molecule has 14 nitrogen and oxygen atoms in total. The fourth-order valence-corrected chi connectivity index (χ4v) is 10.4. The van der Waals surface area contributed by atoms with Crippen LogP contribution in [0.5, 0.6) is 0 Å². The number of thiophene rings is 2. The van der Waals surface area contributed by atoms with Crippen LogP contribution in [0.15, 0.2) is 24.5 Å². The van der Waals surface area contributed by atoms with Gasteiger partial charge in [0, 0.05) is 22.5 Å². The summed E-state index contributed by atoms with van der Waals surface area (Å²) in [7, 11) is 2.59. The summed E-state index contributed by atoms with van der Waals surface area (Å²) in [6.07, 6.45) is 5.73. The molecule has 0 spiro atoms. The number of hydrogen-bond donors (Lipinski definition) is 4. The molecule has 1 aromatic carbocycles. The van der Waals surface area contributed by atoms with E-state index in [1.54, 1.807) is 22.7 Å². The molecule has 0 saturated carbocycles. The third-order valence-corrected chi connectivity index (χ3v) is 13.7. The zero-order chi connectivity index (χ0) is 40.0. The molecule has 6 heterocycles. The second-order valence-electron chi connectivity index (χ2n) is 15.4. The van der Waals surface area contributed by atoms with Gasteiger partial charge in [0.2, 0.25) is 11.8 Å². The van der Waals surface area contributed by atoms with Crippen molar-refractivity contribution in [2.45, 2.75) is 91.4 Å². The Kier molecular flexibility index (Phi) is 11.1. The molecule has 2 aliphatic heterocycles. The number of nitrogens with one attached hydrogen (secondary N) is 4. The molecule has 2 aliphatic rings. The molecule has 0 radical (unpaired) electrons. The van der Waals surface area contributed by atoms with Crippen LogP contribution in [0, 0.1) is 25.7 Å². The molecule has 4 N–H and O–H groups in total. The number of methoxy groups -OCH3 is 2. The number of aromatic amines is 2. The van der Waals surface area contributed by atoms with Crippen molar-refractivity contribution in [1.82, 2.24) is 40.4 Å². The minimum atomic E-state index is -0.690. The van der Waals surface area contributed by atoms with Crippen LogP contribution in [0.2, 0.25) is 0 Å². The molecule has 7 rings (SSSR count). The van der Waals surface area contributed by atoms with Gasteiger partial charge in [0.1, 0.15) is 23.7 Å². The number of imidazole rings is 2. The molecule has 2 fully saturated rings. The normalized spacial score (nSPS) is 18.3. The minimum absolute atomic E-state index is 0.107. The van der Waals surface area contributed by atoms with E-state index >= 15 is 0 Å². The van der Waals surface area contributed by atoms with Gasteiger partial charge in [-0.25, -0.2) is 19.6 Å². The van der Waals surface area contributed by atoms with E-state index < -0.39 is 24.3 Å². The lowest BCUT2D eigenvalue weighted by molar-refractivity contribution is -0.136. The van der Waals surface area contributed by atoms with E-state index in [0.717, 1.165) is 58.5 Å². The fourth-order valence-electron chi connectivity index (χ4n) is 8.05. The number of amides is 4. The first-order valence-electron chi connectivity index (χ1n) is 19.2. The molecule has 0 aliphatic carbocycles. The summed E-state index contributed by atoms with van der Waals surface area (Å²) in [6, 6.07) is 2.66. The molecule has 4 aromatic heterocycles. The summed E-state index contributed by atoms with van der Waals surface area (Å²) in [5.41, 5.74) is 4.22. The van der Waals surface area contributed by atoms with Crippen LogP contribution in [0.4, 0.5) is 9.59 Å². The Balaban J connectivity index is 1.12. The Morgan fingerprint density at radius 1 is 0.714 bits per heavy atom. The number of benzene rings is 1. The molecule has 16 heteroatoms. The van der Waals surface area contributed by atoms with E-state index in [4.69, 9.17) is 19.4 Å². The van der Waals surface area contributed by atoms with Crippen molar-refractivity contribution < 1.29 is 28.7 Å². The Labute approximate surface area is 333 Å². The minimum Gasteiger partial charge on any atom is -0.453 e. The van der Waals surface area contributed by atoms with Gasteiger partial charge >= 0.3 is 12.2 Å². The summed E-state index contributed by atoms with van der Waals surface area (Å²) in [6.45, 7) is 13.2. The molecule has 4 unspecified atom stereocenters. The summed E-state index contributed by atoms with van der Waals surface area (Å²) < 4.78 is 12.0. The van der Waals surface area contributed by atoms with Crippen LogP contribution >= 0.6 is 22.7 Å². The Bertz CT molecular complexity index is 2080. The van der Waals surface area contributed by atoms with Gasteiger partial charge in [0.15, 0.2) is 0 Å². The highest BCUT2D eigenvalue weighted by Crippen LogP contribution is 2.45. The van der Waals surface area contributed by atoms with E-state index in [1.807, 2.05) is 49.9 Å². The Morgan fingerprint density at radius 2 is 1.11 bits per heavy atom. The average molecular weight is 803 g/mol. The van der Waals surface area contributed by atoms with Crippen molar-refractivity contribution in [3.63, 3.8) is 0 Å². The van der Waals surface area contributed by atoms with Crippen molar-refractivity contribution in [3.8, 4) is 21.1 Å². The largest absolute Gasteiger partial charge is 0.453 e. The predicted octanol–water partition coefficient (Wildman–Crippen LogP) is 7.60. The molecule has 4 atom stereocenters. The number of rotatable bonds is 10. The van der Waals surface area contributed by atoms with Crippen molar-refractivity contribution >= 4 is 66.8 Å². The number of likely N-dealkylation sites (tertiary alicyclic amines) is 2. The Hall–Kier alpha value is -4.96. The average Bonchev–Trinajstić information content (AvgIpc) is 4.02. The zero-order valence-corrected chi connectivity index (χ0v) is 34.7. The number of aromatic nitrogens is 4. The highest BCUT2D eigenvalue weighted by Gasteiger charge is 2.39. The van der Waals surface area contributed by atoms with Crippen molar-refractivity contribution in [3.05, 3.63) is 47.3 Å². The van der Waals surface area contributed by atoms with E-state index in [-0.39, 0.29) is 35.7 Å². The topological polar surface area (TPSA) is 175 Å². The first kappa shape index (κ1) is 39.3. The highest BCUT2D eigenvalue weighted by molar-refractivity contribution is 7.24. The maximum atomic E-state index is 13.7. The summed E-state index contributed by atoms with van der Waals surface area (Å²) >= 11 is 3.45. The second kappa shape index (κ2) is 15.9. The Morgan fingerprint density at radius 3 is 1.46 bits per heavy atom. The maximum absolute atomic E-state index is 13.7. The van der Waals surface area contributed by atoms with Crippen molar-refractivity contribution in [2.75, 3.05) is 27.3 Å². The lowest BCUT2D eigenvalue weighted by Crippen LogP contribution is -2.51. The number of fused-ring (bicyclic) bond motifs is 2. The van der Waals surface area contributed by atoms with Crippen molar-refractivity contribution in [1.29, 1.82) is 0 Å². The number of hydrogen-bond acceptors (Lipinski definition) is 10. The monoisotopic (exact) mass is 802 g/mol. The van der Waals surface area contributed by atoms with Gasteiger partial charge in [0.05, 0.1) is 59.8 Å². The van der Waals surface area contributed by atoms with Crippen molar-refractivity contribution in [2.24, 2.45) is 11.8 Å². The van der Waals surface area contributed by atoms with Gasteiger partial charge in [-0.05, 0) is 85.4 Å². The number of H-pyrrole nitrogens is 2. The number of ether oxygens (including phenoxy) is 2. The van der Waals surface area contributed by atoms with Crippen LogP contribution < -0.4 is 10.6 Å². The summed E-state index contributed by atoms with van der Waals surface area (Å²) in [5, 5.41) is 7.81. The number of carbonyl (C=O) groups is 4. The van der Waals surface area contributed by atoms with E-state index in [0.29, 0.717) is 13.1 Å². The quantitative estimate of drug-likeness (QED) is 0.112. The number of alkyl carbamates (subject to hydrolysis) is 2. The third-order valence-electron chi connectivity index (χ3n) is 11.2. The van der Waals surface area contributed by atoms with Crippen LogP contribution in [-0.2, 0) is 19.1 Å². The number of aryl methyl sites for hydroxylation is 2. The predicted molar refractivity (Wildman–Crippen MR) is 218 cm³/mol. The fraction of sp³-hybridized carbons (Fsp3) is 0.500. The zero-order valence-electron chi connectivity index (χ0n) is 33.1. The lowest BCUT2D eigenvalue weighted by Gasteiger charge is -2.30. The first-order valence-corrected chi connectivity index (χ1v) is 20.8. The van der Waals surface area contributed by atoms with Gasteiger partial charge in [-0.2, -0.15) is 0 Å². The smallest absolute Gasteiger partial charge is 0.407 e.